The molecule has 2 aromatic rings. The van der Waals surface area contributed by atoms with Gasteiger partial charge >= 0.3 is 0 Å². The number of nitrogens with zero attached hydrogens (tertiary/aromatic N) is 2. The molecule has 0 aliphatic rings. The van der Waals surface area contributed by atoms with Crippen LogP contribution in [0.5, 0.6) is 0 Å². The molecule has 0 bridgehead atoms. The molecule has 0 aliphatic carbocycles. The monoisotopic (exact) mass is 308 g/mol. The van der Waals surface area contributed by atoms with Crippen LogP contribution in [0.1, 0.15) is 16.1 Å². The maximum Gasteiger partial charge on any atom is 0.259 e. The van der Waals surface area contributed by atoms with E-state index < -0.39 is 0 Å². The second-order valence-corrected chi connectivity index (χ2v) is 4.85. The molecule has 0 fully saturated rings. The number of aromatic nitrogens is 2. The molecule has 6 heteroatoms. The predicted octanol–water partition coefficient (Wildman–Crippen LogP) is 2.33. The van der Waals surface area contributed by atoms with Crippen molar-refractivity contribution < 1.29 is 4.79 Å². The molecule has 0 aliphatic heterocycles. The van der Waals surface area contributed by atoms with Gasteiger partial charge in [-0.3, -0.25) is 9.48 Å². The first-order valence-corrected chi connectivity index (χ1v) is 6.13. The summed E-state index contributed by atoms with van der Waals surface area (Å²) in [5.74, 6) is -0.189. The number of rotatable bonds is 2. The topological polar surface area (TPSA) is 72.9 Å². The number of carbonyl (C=O) groups is 1. The number of hydrogen-bond acceptors (Lipinski definition) is 3. The quantitative estimate of drug-likeness (QED) is 0.836. The summed E-state index contributed by atoms with van der Waals surface area (Å²) in [6.07, 6.45) is 1.69. The van der Waals surface area contributed by atoms with E-state index in [0.717, 1.165) is 4.47 Å². The molecular formula is C12H13BrN4O. The largest absolute Gasteiger partial charge is 0.399 e. The van der Waals surface area contributed by atoms with E-state index in [0.29, 0.717) is 22.6 Å². The summed E-state index contributed by atoms with van der Waals surface area (Å²) < 4.78 is 2.36. The third-order valence-corrected chi connectivity index (χ3v) is 3.16. The second-order valence-electron chi connectivity index (χ2n) is 4.00. The van der Waals surface area contributed by atoms with Crippen LogP contribution in [0.25, 0.3) is 0 Å². The first-order chi connectivity index (χ1) is 8.47. The lowest BCUT2D eigenvalue weighted by molar-refractivity contribution is 0.102. The lowest BCUT2D eigenvalue weighted by Gasteiger charge is -2.07. The fourth-order valence-corrected chi connectivity index (χ4v) is 2.14. The molecule has 0 atom stereocenters. The van der Waals surface area contributed by atoms with Crippen molar-refractivity contribution >= 4 is 33.2 Å². The zero-order valence-corrected chi connectivity index (χ0v) is 11.7. The molecule has 1 aromatic carbocycles. The van der Waals surface area contributed by atoms with E-state index in [1.807, 2.05) is 0 Å². The minimum absolute atomic E-state index is 0.189. The zero-order chi connectivity index (χ0) is 13.3. The molecule has 1 amide bonds. The van der Waals surface area contributed by atoms with Crippen LogP contribution in [0.15, 0.2) is 28.9 Å². The number of carbonyl (C=O) groups excluding carboxylic acids is 1. The number of nitrogens with two attached hydrogens (primary N) is 1. The van der Waals surface area contributed by atoms with E-state index in [-0.39, 0.29) is 5.91 Å². The van der Waals surface area contributed by atoms with Gasteiger partial charge in [-0.2, -0.15) is 5.10 Å². The first-order valence-electron chi connectivity index (χ1n) is 5.34. The molecule has 0 unspecified atom stereocenters. The third-order valence-electron chi connectivity index (χ3n) is 2.50. The average molecular weight is 309 g/mol. The average Bonchev–Trinajstić information content (AvgIpc) is 2.62. The van der Waals surface area contributed by atoms with Crippen LogP contribution < -0.4 is 11.1 Å². The minimum Gasteiger partial charge on any atom is -0.399 e. The summed E-state index contributed by atoms with van der Waals surface area (Å²) in [6.45, 7) is 1.80. The third kappa shape index (κ3) is 2.53. The summed E-state index contributed by atoms with van der Waals surface area (Å²) in [5, 5.41) is 6.95. The predicted molar refractivity (Wildman–Crippen MR) is 74.5 cm³/mol. The van der Waals surface area contributed by atoms with Crippen LogP contribution in [-0.4, -0.2) is 15.7 Å². The van der Waals surface area contributed by atoms with Crippen molar-refractivity contribution in [2.24, 2.45) is 7.05 Å². The maximum atomic E-state index is 12.1. The van der Waals surface area contributed by atoms with Crippen LogP contribution >= 0.6 is 15.9 Å². The van der Waals surface area contributed by atoms with Gasteiger partial charge in [0.25, 0.3) is 5.91 Å². The van der Waals surface area contributed by atoms with Crippen molar-refractivity contribution in [3.63, 3.8) is 0 Å². The van der Waals surface area contributed by atoms with Gasteiger partial charge < -0.3 is 11.1 Å². The number of halogens is 1. The molecule has 2 rings (SSSR count). The van der Waals surface area contributed by atoms with Gasteiger partial charge in [-0.1, -0.05) is 0 Å². The zero-order valence-electron chi connectivity index (χ0n) is 10.1. The minimum atomic E-state index is -0.189. The Kier molecular flexibility index (Phi) is 3.38. The molecule has 1 aromatic heterocycles. The molecule has 0 saturated heterocycles. The highest BCUT2D eigenvalue weighted by Crippen LogP contribution is 2.25. The molecule has 0 spiro atoms. The van der Waals surface area contributed by atoms with Crippen molar-refractivity contribution in [1.29, 1.82) is 0 Å². The summed E-state index contributed by atoms with van der Waals surface area (Å²) in [7, 11) is 1.78. The molecule has 1 heterocycles. The highest BCUT2D eigenvalue weighted by Gasteiger charge is 2.13. The van der Waals surface area contributed by atoms with Gasteiger partial charge in [0, 0.05) is 23.4 Å². The number of anilines is 2. The Morgan fingerprint density at radius 3 is 2.78 bits per heavy atom. The van der Waals surface area contributed by atoms with Gasteiger partial charge in [0.1, 0.15) is 0 Å². The van der Waals surface area contributed by atoms with E-state index in [9.17, 15) is 4.79 Å². The van der Waals surface area contributed by atoms with Crippen LogP contribution in [0, 0.1) is 6.92 Å². The van der Waals surface area contributed by atoms with E-state index in [2.05, 4.69) is 26.3 Å². The number of amides is 1. The van der Waals surface area contributed by atoms with Crippen molar-refractivity contribution in [1.82, 2.24) is 9.78 Å². The standard InChI is InChI=1S/C12H13BrN4O/c1-7-9(6-17(2)16-7)12(18)15-11-4-3-8(14)5-10(11)13/h3-6H,14H2,1-2H3,(H,15,18). The smallest absolute Gasteiger partial charge is 0.259 e. The number of hydrogen-bond donors (Lipinski definition) is 2. The molecular weight excluding hydrogens is 296 g/mol. The van der Waals surface area contributed by atoms with Gasteiger partial charge in [-0.15, -0.1) is 0 Å². The lowest BCUT2D eigenvalue weighted by atomic mass is 10.2. The van der Waals surface area contributed by atoms with E-state index >= 15 is 0 Å². The number of nitrogens with one attached hydrogen (secondary N) is 1. The van der Waals surface area contributed by atoms with Crippen molar-refractivity contribution in [2.45, 2.75) is 6.92 Å². The fourth-order valence-electron chi connectivity index (χ4n) is 1.64. The first kappa shape index (κ1) is 12.6. The number of nitrogen functional groups attached to an aromatic ring is 1. The Labute approximate surface area is 113 Å². The van der Waals surface area contributed by atoms with Gasteiger partial charge in [0.15, 0.2) is 0 Å². The highest BCUT2D eigenvalue weighted by molar-refractivity contribution is 9.10. The van der Waals surface area contributed by atoms with Crippen LogP contribution in [0.2, 0.25) is 0 Å². The molecule has 3 N–H and O–H groups in total. The number of aryl methyl sites for hydroxylation is 2. The van der Waals surface area contributed by atoms with E-state index in [1.165, 1.54) is 0 Å². The van der Waals surface area contributed by atoms with Gasteiger partial charge in [0.2, 0.25) is 0 Å². The molecule has 0 saturated carbocycles. The van der Waals surface area contributed by atoms with E-state index in [4.69, 9.17) is 5.73 Å². The van der Waals surface area contributed by atoms with Crippen molar-refractivity contribution in [2.75, 3.05) is 11.1 Å². The summed E-state index contributed by atoms with van der Waals surface area (Å²) >= 11 is 3.36. The van der Waals surface area contributed by atoms with Crippen LogP contribution in [0.4, 0.5) is 11.4 Å². The Hall–Kier alpha value is -1.82. The Morgan fingerprint density at radius 2 is 2.22 bits per heavy atom. The molecule has 5 nitrogen and oxygen atoms in total. The lowest BCUT2D eigenvalue weighted by Crippen LogP contribution is -2.12. The second kappa shape index (κ2) is 4.81. The van der Waals surface area contributed by atoms with E-state index in [1.54, 1.807) is 43.0 Å². The number of benzene rings is 1. The van der Waals surface area contributed by atoms with Gasteiger partial charge in [-0.25, -0.2) is 0 Å². The highest BCUT2D eigenvalue weighted by atomic mass is 79.9. The Bertz CT molecular complexity index is 606. The summed E-state index contributed by atoms with van der Waals surface area (Å²) in [4.78, 5) is 12.1. The summed E-state index contributed by atoms with van der Waals surface area (Å²) in [5.41, 5.74) is 8.21. The van der Waals surface area contributed by atoms with Gasteiger partial charge in [0.05, 0.1) is 16.9 Å². The van der Waals surface area contributed by atoms with Crippen molar-refractivity contribution in [3.05, 3.63) is 40.1 Å². The molecule has 94 valence electrons. The van der Waals surface area contributed by atoms with Gasteiger partial charge in [-0.05, 0) is 41.1 Å². The van der Waals surface area contributed by atoms with Crippen LogP contribution in [0.3, 0.4) is 0 Å². The summed E-state index contributed by atoms with van der Waals surface area (Å²) in [6, 6.07) is 5.23. The Balaban J connectivity index is 2.24. The normalized spacial score (nSPS) is 10.4. The SMILES string of the molecule is Cc1nn(C)cc1C(=O)Nc1ccc(N)cc1Br. The van der Waals surface area contributed by atoms with Crippen LogP contribution in [-0.2, 0) is 7.05 Å². The molecule has 0 radical (unpaired) electrons. The fraction of sp³-hybridized carbons (Fsp3) is 0.167. The van der Waals surface area contributed by atoms with Crippen molar-refractivity contribution in [3.8, 4) is 0 Å². The maximum absolute atomic E-state index is 12.1. The Morgan fingerprint density at radius 1 is 1.50 bits per heavy atom. The molecule has 18 heavy (non-hydrogen) atoms.